The molecule has 2 amide bonds. The molecule has 0 aliphatic carbocycles. The second kappa shape index (κ2) is 15.2. The molecule has 1 aromatic carbocycles. The number of likely N-dealkylation sites (tertiary alicyclic amines) is 2. The number of anilines is 2. The van der Waals surface area contributed by atoms with Gasteiger partial charge in [0, 0.05) is 62.2 Å². The van der Waals surface area contributed by atoms with Crippen LogP contribution >= 0.6 is 11.3 Å². The van der Waals surface area contributed by atoms with Gasteiger partial charge in [0.1, 0.15) is 5.60 Å². The van der Waals surface area contributed by atoms with Gasteiger partial charge in [-0.15, -0.1) is 11.3 Å². The molecule has 2 aliphatic rings. The third-order valence-electron chi connectivity index (χ3n) is 8.86. The lowest BCUT2D eigenvalue weighted by atomic mass is 9.90. The van der Waals surface area contributed by atoms with Crippen molar-refractivity contribution < 1.29 is 31.5 Å². The minimum absolute atomic E-state index is 0.0803. The van der Waals surface area contributed by atoms with Gasteiger partial charge in [-0.25, -0.2) is 36.9 Å². The van der Waals surface area contributed by atoms with Crippen molar-refractivity contribution in [3.63, 3.8) is 0 Å². The Hall–Kier alpha value is -3.92. The van der Waals surface area contributed by atoms with E-state index >= 15 is 8.78 Å². The predicted octanol–water partition coefficient (Wildman–Crippen LogP) is 7.00. The molecule has 2 fully saturated rings. The van der Waals surface area contributed by atoms with Crippen LogP contribution in [-0.4, -0.2) is 94.4 Å². The first-order valence-electron chi connectivity index (χ1n) is 17.7. The van der Waals surface area contributed by atoms with Crippen molar-refractivity contribution in [2.75, 3.05) is 42.0 Å². The summed E-state index contributed by atoms with van der Waals surface area (Å²) in [6.07, 6.45) is 2.42. The third-order valence-corrected chi connectivity index (χ3v) is 11.8. The van der Waals surface area contributed by atoms with E-state index in [1.165, 1.54) is 22.3 Å². The lowest BCUT2D eigenvalue weighted by Crippen LogP contribution is -2.55. The van der Waals surface area contributed by atoms with Crippen LogP contribution in [0.5, 0.6) is 0 Å². The maximum absolute atomic E-state index is 16.0. The second-order valence-electron chi connectivity index (χ2n) is 15.4. The zero-order valence-electron chi connectivity index (χ0n) is 30.9. The molecule has 0 saturated carbocycles. The Morgan fingerprint density at radius 2 is 1.69 bits per heavy atom. The normalized spacial score (nSPS) is 17.2. The van der Waals surface area contributed by atoms with Crippen LogP contribution in [0.3, 0.4) is 0 Å². The van der Waals surface area contributed by atoms with E-state index in [-0.39, 0.29) is 54.4 Å². The summed E-state index contributed by atoms with van der Waals surface area (Å²) in [7, 11) is -3.73. The molecule has 52 heavy (non-hydrogen) atoms. The Bertz CT molecular complexity index is 1880. The van der Waals surface area contributed by atoms with E-state index in [0.717, 1.165) is 5.01 Å². The summed E-state index contributed by atoms with van der Waals surface area (Å²) in [5, 5.41) is 4.10. The molecule has 5 rings (SSSR count). The number of piperidine rings is 2. The average Bonchev–Trinajstić information content (AvgIpc) is 3.52. The van der Waals surface area contributed by atoms with Crippen molar-refractivity contribution in [2.24, 2.45) is 0 Å². The molecule has 0 bridgehead atoms. The van der Waals surface area contributed by atoms with Gasteiger partial charge in [0.25, 0.3) is 5.91 Å². The van der Waals surface area contributed by atoms with E-state index in [1.54, 1.807) is 57.0 Å². The van der Waals surface area contributed by atoms with Gasteiger partial charge in [-0.05, 0) is 58.2 Å². The number of aromatic nitrogens is 3. The highest BCUT2D eigenvalue weighted by Gasteiger charge is 2.46. The zero-order valence-corrected chi connectivity index (χ0v) is 32.5. The van der Waals surface area contributed by atoms with Crippen molar-refractivity contribution in [3.05, 3.63) is 41.3 Å². The standard InChI is InChI=1S/C36H49F2N7O5S2/c1-8-22-52(48,49)43-25-11-9-10-24(27(25)37)28-29(51-30(42-28)34(2,3)4)26-12-17-39-32(41-26)40-23-13-18-44(19-14-23)31(46)36(38)15-20-45(21-16-36)33(47)50-35(5,6)7/h9-12,17,23,43H,8,13-16,18-22H2,1-7H3,(H,39,40,41). The van der Waals surface area contributed by atoms with E-state index in [9.17, 15) is 18.0 Å². The Labute approximate surface area is 308 Å². The minimum Gasteiger partial charge on any atom is -0.444 e. The van der Waals surface area contributed by atoms with E-state index < -0.39 is 39.1 Å². The van der Waals surface area contributed by atoms with Crippen LogP contribution in [0.4, 0.5) is 25.2 Å². The highest BCUT2D eigenvalue weighted by atomic mass is 32.2. The molecule has 12 nitrogen and oxygen atoms in total. The fourth-order valence-electron chi connectivity index (χ4n) is 6.11. The maximum Gasteiger partial charge on any atom is 0.410 e. The van der Waals surface area contributed by atoms with Gasteiger partial charge in [-0.2, -0.15) is 0 Å². The number of thiazole rings is 1. The number of hydrogen-bond donors (Lipinski definition) is 2. The first kappa shape index (κ1) is 39.3. The molecule has 3 aromatic rings. The van der Waals surface area contributed by atoms with Crippen molar-refractivity contribution >= 4 is 45.0 Å². The summed E-state index contributed by atoms with van der Waals surface area (Å²) in [5.41, 5.74) is -2.20. The fourth-order valence-corrected chi connectivity index (χ4v) is 8.35. The number of benzene rings is 1. The first-order valence-corrected chi connectivity index (χ1v) is 20.1. The van der Waals surface area contributed by atoms with E-state index in [4.69, 9.17) is 14.7 Å². The SMILES string of the molecule is CCCS(=O)(=O)Nc1cccc(-c2nc(C(C)(C)C)sc2-c2ccnc(NC3CCN(C(=O)C4(F)CCN(C(=O)OC(C)(C)C)CC4)CC3)n2)c1F. The van der Waals surface area contributed by atoms with Crippen molar-refractivity contribution in [1.29, 1.82) is 0 Å². The Morgan fingerprint density at radius 1 is 1.02 bits per heavy atom. The summed E-state index contributed by atoms with van der Waals surface area (Å²) in [4.78, 5) is 43.4. The van der Waals surface area contributed by atoms with E-state index in [2.05, 4.69) is 15.0 Å². The van der Waals surface area contributed by atoms with E-state index in [1.807, 2.05) is 20.8 Å². The summed E-state index contributed by atoms with van der Waals surface area (Å²) in [5.74, 6) is -1.07. The number of nitrogens with one attached hydrogen (secondary N) is 2. The molecule has 0 atom stereocenters. The lowest BCUT2D eigenvalue weighted by molar-refractivity contribution is -0.148. The van der Waals surface area contributed by atoms with Gasteiger partial charge in [-0.1, -0.05) is 33.8 Å². The third kappa shape index (κ3) is 9.35. The van der Waals surface area contributed by atoms with Crippen molar-refractivity contribution in [2.45, 2.75) is 103 Å². The zero-order chi connectivity index (χ0) is 38.1. The molecule has 2 aliphatic heterocycles. The van der Waals surface area contributed by atoms with Crippen LogP contribution in [0.15, 0.2) is 30.5 Å². The Morgan fingerprint density at radius 3 is 2.31 bits per heavy atom. The largest absolute Gasteiger partial charge is 0.444 e. The number of sulfonamides is 1. The lowest BCUT2D eigenvalue weighted by Gasteiger charge is -2.40. The summed E-state index contributed by atoms with van der Waals surface area (Å²) in [6, 6.07) is 6.18. The molecule has 0 spiro atoms. The van der Waals surface area contributed by atoms with Gasteiger partial charge in [0.15, 0.2) is 11.5 Å². The van der Waals surface area contributed by atoms with Crippen LogP contribution in [0.2, 0.25) is 0 Å². The molecule has 2 saturated heterocycles. The highest BCUT2D eigenvalue weighted by Crippen LogP contribution is 2.42. The van der Waals surface area contributed by atoms with Crippen molar-refractivity contribution in [3.8, 4) is 21.8 Å². The smallest absolute Gasteiger partial charge is 0.410 e. The number of alkyl halides is 1. The molecule has 0 radical (unpaired) electrons. The van der Waals surface area contributed by atoms with Crippen LogP contribution < -0.4 is 10.0 Å². The second-order valence-corrected chi connectivity index (χ2v) is 18.3. The average molecular weight is 762 g/mol. The number of hydrogen-bond acceptors (Lipinski definition) is 10. The van der Waals surface area contributed by atoms with Gasteiger partial charge in [-0.3, -0.25) is 9.52 Å². The Balaban J connectivity index is 1.28. The summed E-state index contributed by atoms with van der Waals surface area (Å²) >= 11 is 1.38. The quantitative estimate of drug-likeness (QED) is 0.235. The summed E-state index contributed by atoms with van der Waals surface area (Å²) < 4.78 is 64.6. The Kier molecular flexibility index (Phi) is 11.5. The topological polar surface area (TPSA) is 147 Å². The van der Waals surface area contributed by atoms with Gasteiger partial charge in [0.05, 0.1) is 32.7 Å². The first-order chi connectivity index (χ1) is 24.3. The van der Waals surface area contributed by atoms with Gasteiger partial charge < -0.3 is 19.9 Å². The molecular weight excluding hydrogens is 713 g/mol. The van der Waals surface area contributed by atoms with Gasteiger partial charge >= 0.3 is 6.09 Å². The van der Waals surface area contributed by atoms with Crippen LogP contribution in [0.25, 0.3) is 21.8 Å². The van der Waals surface area contributed by atoms with Gasteiger partial charge in [0.2, 0.25) is 16.0 Å². The number of halogens is 2. The molecule has 2 N–H and O–H groups in total. The van der Waals surface area contributed by atoms with E-state index in [0.29, 0.717) is 54.6 Å². The fraction of sp³-hybridized carbons (Fsp3) is 0.583. The molecule has 0 unspecified atom stereocenters. The van der Waals surface area contributed by atoms with Crippen LogP contribution in [-0.2, 0) is 25.0 Å². The number of ether oxygens (including phenoxy) is 1. The molecule has 2 aromatic heterocycles. The highest BCUT2D eigenvalue weighted by molar-refractivity contribution is 7.92. The number of amides is 2. The number of carbonyl (C=O) groups excluding carboxylic acids is 2. The van der Waals surface area contributed by atoms with Crippen LogP contribution in [0, 0.1) is 5.82 Å². The predicted molar refractivity (Wildman–Crippen MR) is 199 cm³/mol. The number of rotatable bonds is 9. The molecule has 284 valence electrons. The van der Waals surface area contributed by atoms with Crippen LogP contribution in [0.1, 0.15) is 85.6 Å². The van der Waals surface area contributed by atoms with Crippen molar-refractivity contribution in [1.82, 2.24) is 24.8 Å². The number of nitrogens with zero attached hydrogens (tertiary/aromatic N) is 5. The molecule has 4 heterocycles. The summed E-state index contributed by atoms with van der Waals surface area (Å²) in [6.45, 7) is 14.0. The number of carbonyl (C=O) groups is 2. The molecule has 16 heteroatoms. The molecular formula is C36H49F2N7O5S2. The monoisotopic (exact) mass is 761 g/mol. The maximum atomic E-state index is 16.0. The minimum atomic E-state index is -3.73.